The second kappa shape index (κ2) is 6.48. The largest absolute Gasteiger partial charge is 0.497 e. The Morgan fingerprint density at radius 2 is 2.08 bits per heavy atom. The Morgan fingerprint density at radius 1 is 1.16 bits per heavy atom. The molecule has 2 aromatic heterocycles. The quantitative estimate of drug-likeness (QED) is 0.717. The van der Waals surface area contributed by atoms with Crippen molar-refractivity contribution in [3.05, 3.63) is 60.6 Å². The molecule has 1 aliphatic heterocycles. The Labute approximate surface area is 146 Å². The molecule has 1 unspecified atom stereocenters. The molecule has 0 spiro atoms. The van der Waals surface area contributed by atoms with Crippen molar-refractivity contribution in [2.45, 2.75) is 11.4 Å². The minimum absolute atomic E-state index is 0.342. The van der Waals surface area contributed by atoms with Gasteiger partial charge >= 0.3 is 0 Å². The standard InChI is InChI=1S/C17H14N4O3S/c1-23-13-5-4-12-11-21(25(22)15(12)9-13)17-19-8-6-16(20-17)24-14-3-2-7-18-10-14/h2-10H,11H2,1H3. The van der Waals surface area contributed by atoms with Crippen LogP contribution in [0.5, 0.6) is 17.4 Å². The van der Waals surface area contributed by atoms with Crippen molar-refractivity contribution in [3.63, 3.8) is 0 Å². The normalized spacial score (nSPS) is 15.7. The first-order valence-electron chi connectivity index (χ1n) is 7.52. The molecule has 0 bridgehead atoms. The molecule has 25 heavy (non-hydrogen) atoms. The molecule has 1 atom stereocenters. The maximum Gasteiger partial charge on any atom is 0.241 e. The summed E-state index contributed by atoms with van der Waals surface area (Å²) in [5.74, 6) is 1.95. The van der Waals surface area contributed by atoms with E-state index in [0.29, 0.717) is 34.8 Å². The lowest BCUT2D eigenvalue weighted by molar-refractivity contribution is 0.413. The van der Waals surface area contributed by atoms with Crippen molar-refractivity contribution in [1.29, 1.82) is 0 Å². The van der Waals surface area contributed by atoms with Crippen LogP contribution in [0.1, 0.15) is 5.56 Å². The lowest BCUT2D eigenvalue weighted by Crippen LogP contribution is -2.20. The van der Waals surface area contributed by atoms with Gasteiger partial charge in [0.25, 0.3) is 0 Å². The van der Waals surface area contributed by atoms with Crippen LogP contribution in [0.3, 0.4) is 0 Å². The average Bonchev–Trinajstić information content (AvgIpc) is 2.99. The summed E-state index contributed by atoms with van der Waals surface area (Å²) in [6.07, 6.45) is 4.84. The van der Waals surface area contributed by atoms with Crippen LogP contribution in [0.2, 0.25) is 0 Å². The highest BCUT2D eigenvalue weighted by atomic mass is 32.2. The molecule has 126 valence electrons. The van der Waals surface area contributed by atoms with Gasteiger partial charge in [-0.15, -0.1) is 0 Å². The number of hydrogen-bond donors (Lipinski definition) is 0. The third kappa shape index (κ3) is 3.03. The predicted octanol–water partition coefficient (Wildman–Crippen LogP) is 2.72. The molecule has 0 radical (unpaired) electrons. The molecule has 0 saturated heterocycles. The molecule has 1 aliphatic rings. The van der Waals surface area contributed by atoms with Gasteiger partial charge in [-0.1, -0.05) is 6.07 Å². The van der Waals surface area contributed by atoms with Crippen molar-refractivity contribution in [2.75, 3.05) is 11.4 Å². The minimum atomic E-state index is -1.39. The molecule has 3 heterocycles. The van der Waals surface area contributed by atoms with Gasteiger partial charge in [0, 0.05) is 18.5 Å². The zero-order valence-electron chi connectivity index (χ0n) is 13.3. The van der Waals surface area contributed by atoms with Gasteiger partial charge in [-0.2, -0.15) is 4.98 Å². The Bertz CT molecular complexity index is 936. The molecular formula is C17H14N4O3S. The molecule has 0 amide bonds. The number of methoxy groups -OCH3 is 1. The summed E-state index contributed by atoms with van der Waals surface area (Å²) in [7, 11) is 0.190. The fourth-order valence-corrected chi connectivity index (χ4v) is 3.77. The Kier molecular flexibility index (Phi) is 4.02. The van der Waals surface area contributed by atoms with Gasteiger partial charge < -0.3 is 9.47 Å². The van der Waals surface area contributed by atoms with E-state index < -0.39 is 11.0 Å². The highest BCUT2D eigenvalue weighted by Crippen LogP contribution is 2.33. The first-order chi connectivity index (χ1) is 12.2. The number of pyridine rings is 1. The third-order valence-corrected chi connectivity index (χ3v) is 5.12. The highest BCUT2D eigenvalue weighted by molar-refractivity contribution is 7.86. The fraction of sp³-hybridized carbons (Fsp3) is 0.118. The summed E-state index contributed by atoms with van der Waals surface area (Å²) in [6.45, 7) is 0.461. The maximum absolute atomic E-state index is 12.8. The van der Waals surface area contributed by atoms with Crippen LogP contribution in [0.25, 0.3) is 0 Å². The lowest BCUT2D eigenvalue weighted by atomic mass is 10.2. The molecule has 1 aromatic carbocycles. The van der Waals surface area contributed by atoms with E-state index in [1.54, 1.807) is 54.3 Å². The molecule has 7 nitrogen and oxygen atoms in total. The lowest BCUT2D eigenvalue weighted by Gasteiger charge is -2.14. The van der Waals surface area contributed by atoms with E-state index in [-0.39, 0.29) is 0 Å². The highest BCUT2D eigenvalue weighted by Gasteiger charge is 2.29. The van der Waals surface area contributed by atoms with Crippen LogP contribution in [0, 0.1) is 0 Å². The van der Waals surface area contributed by atoms with Crippen molar-refractivity contribution < 1.29 is 13.7 Å². The first kappa shape index (κ1) is 15.5. The first-order valence-corrected chi connectivity index (χ1v) is 8.62. The van der Waals surface area contributed by atoms with Crippen molar-refractivity contribution in [3.8, 4) is 17.4 Å². The van der Waals surface area contributed by atoms with E-state index >= 15 is 0 Å². The zero-order valence-corrected chi connectivity index (χ0v) is 14.1. The number of nitrogens with zero attached hydrogens (tertiary/aromatic N) is 4. The minimum Gasteiger partial charge on any atom is -0.497 e. The van der Waals surface area contributed by atoms with Gasteiger partial charge in [0.1, 0.15) is 11.5 Å². The van der Waals surface area contributed by atoms with Crippen molar-refractivity contribution in [1.82, 2.24) is 15.0 Å². The Hall–Kier alpha value is -3.00. The van der Waals surface area contributed by atoms with Crippen LogP contribution in [-0.2, 0) is 17.5 Å². The van der Waals surface area contributed by atoms with Crippen LogP contribution in [-0.4, -0.2) is 26.3 Å². The number of hydrogen-bond acceptors (Lipinski definition) is 6. The summed E-state index contributed by atoms with van der Waals surface area (Å²) >= 11 is 0. The average molecular weight is 354 g/mol. The summed E-state index contributed by atoms with van der Waals surface area (Å²) in [5, 5.41) is 0. The summed E-state index contributed by atoms with van der Waals surface area (Å²) < 4.78 is 25.3. The number of rotatable bonds is 4. The second-order valence-corrected chi connectivity index (χ2v) is 6.62. The van der Waals surface area contributed by atoms with Gasteiger partial charge in [0.05, 0.1) is 24.7 Å². The summed E-state index contributed by atoms with van der Waals surface area (Å²) in [6, 6.07) is 10.7. The summed E-state index contributed by atoms with van der Waals surface area (Å²) in [5.41, 5.74) is 0.960. The zero-order chi connectivity index (χ0) is 17.2. The van der Waals surface area contributed by atoms with Crippen LogP contribution in [0.4, 0.5) is 5.95 Å². The number of anilines is 1. The Balaban J connectivity index is 1.61. The molecular weight excluding hydrogens is 340 g/mol. The van der Waals surface area contributed by atoms with E-state index in [1.807, 2.05) is 12.1 Å². The van der Waals surface area contributed by atoms with Gasteiger partial charge in [-0.3, -0.25) is 9.29 Å². The number of fused-ring (bicyclic) bond motifs is 1. The molecule has 0 N–H and O–H groups in total. The SMILES string of the molecule is COc1ccc2c(c1)S(=O)N(c1nccc(Oc3cccnc3)n1)C2. The van der Waals surface area contributed by atoms with Crippen LogP contribution >= 0.6 is 0 Å². The monoisotopic (exact) mass is 354 g/mol. The van der Waals surface area contributed by atoms with E-state index in [0.717, 1.165) is 5.56 Å². The molecule has 0 fully saturated rings. The smallest absolute Gasteiger partial charge is 0.241 e. The van der Waals surface area contributed by atoms with Crippen LogP contribution in [0.15, 0.2) is 59.9 Å². The number of aromatic nitrogens is 3. The maximum atomic E-state index is 12.8. The van der Waals surface area contributed by atoms with Gasteiger partial charge in [-0.25, -0.2) is 9.19 Å². The van der Waals surface area contributed by atoms with Gasteiger partial charge in [0.15, 0.2) is 11.0 Å². The molecule has 8 heteroatoms. The van der Waals surface area contributed by atoms with Gasteiger partial charge in [0.2, 0.25) is 11.8 Å². The van der Waals surface area contributed by atoms with E-state index in [9.17, 15) is 4.21 Å². The number of benzene rings is 1. The molecule has 0 aliphatic carbocycles. The van der Waals surface area contributed by atoms with E-state index in [4.69, 9.17) is 9.47 Å². The molecule has 4 rings (SSSR count). The van der Waals surface area contributed by atoms with Crippen molar-refractivity contribution in [2.24, 2.45) is 0 Å². The topological polar surface area (TPSA) is 77.4 Å². The fourth-order valence-electron chi connectivity index (χ4n) is 2.47. The number of ether oxygens (including phenoxy) is 2. The van der Waals surface area contributed by atoms with Crippen LogP contribution < -0.4 is 13.8 Å². The van der Waals surface area contributed by atoms with E-state index in [2.05, 4.69) is 15.0 Å². The third-order valence-electron chi connectivity index (χ3n) is 3.67. The summed E-state index contributed by atoms with van der Waals surface area (Å²) in [4.78, 5) is 13.3. The molecule has 0 saturated carbocycles. The Morgan fingerprint density at radius 3 is 2.88 bits per heavy atom. The van der Waals surface area contributed by atoms with Crippen molar-refractivity contribution >= 4 is 16.9 Å². The predicted molar refractivity (Wildman–Crippen MR) is 91.9 cm³/mol. The van der Waals surface area contributed by atoms with E-state index in [1.165, 1.54) is 0 Å². The van der Waals surface area contributed by atoms with Gasteiger partial charge in [-0.05, 0) is 29.8 Å². The molecule has 3 aromatic rings. The second-order valence-electron chi connectivity index (χ2n) is 5.25.